The molecule has 0 saturated carbocycles. The Kier molecular flexibility index (Phi) is 4.21. The molecule has 1 aromatic heterocycles. The van der Waals surface area contributed by atoms with Crippen molar-refractivity contribution in [1.29, 1.82) is 0 Å². The lowest BCUT2D eigenvalue weighted by atomic mass is 10.2. The summed E-state index contributed by atoms with van der Waals surface area (Å²) in [5, 5.41) is 0. The highest BCUT2D eigenvalue weighted by Gasteiger charge is 2.15. The van der Waals surface area contributed by atoms with Crippen LogP contribution in [0.3, 0.4) is 0 Å². The Morgan fingerprint density at radius 2 is 2.06 bits per heavy atom. The average Bonchev–Trinajstić information content (AvgIpc) is 2.74. The number of nitrogens with one attached hydrogen (secondary N) is 1. The molecule has 3 nitrogen and oxygen atoms in total. The number of hydrogen-bond acceptors (Lipinski definition) is 3. The van der Waals surface area contributed by atoms with Crippen LogP contribution in [0.25, 0.3) is 0 Å². The number of hydrogen-bond donors (Lipinski definition) is 1. The van der Waals surface area contributed by atoms with Crippen LogP contribution in [0.5, 0.6) is 0 Å². The van der Waals surface area contributed by atoms with Crippen LogP contribution in [-0.4, -0.2) is 8.42 Å². The average molecular weight is 346 g/mol. The molecule has 0 amide bonds. The second kappa shape index (κ2) is 5.52. The maximum Gasteiger partial charge on any atom is 0.250 e. The summed E-state index contributed by atoms with van der Waals surface area (Å²) in [6.07, 6.45) is 0. The lowest BCUT2D eigenvalue weighted by Crippen LogP contribution is -2.22. The van der Waals surface area contributed by atoms with Gasteiger partial charge in [0.25, 0.3) is 0 Å². The van der Waals surface area contributed by atoms with Crippen molar-refractivity contribution in [2.45, 2.75) is 17.7 Å². The van der Waals surface area contributed by atoms with Crippen LogP contribution in [0.4, 0.5) is 0 Å². The number of aryl methyl sites for hydroxylation is 1. The third-order valence-electron chi connectivity index (χ3n) is 2.34. The van der Waals surface area contributed by atoms with E-state index in [2.05, 4.69) is 20.7 Å². The van der Waals surface area contributed by atoms with Crippen molar-refractivity contribution >= 4 is 37.3 Å². The molecular formula is C12H12BrNO2S2. The van der Waals surface area contributed by atoms with E-state index in [1.807, 2.05) is 31.2 Å². The summed E-state index contributed by atoms with van der Waals surface area (Å²) in [6, 6.07) is 11.0. The van der Waals surface area contributed by atoms with Gasteiger partial charge in [-0.25, -0.2) is 13.1 Å². The van der Waals surface area contributed by atoms with Gasteiger partial charge < -0.3 is 0 Å². The minimum Gasteiger partial charge on any atom is -0.206 e. The van der Waals surface area contributed by atoms with Crippen LogP contribution in [0, 0.1) is 6.92 Å². The predicted molar refractivity (Wildman–Crippen MR) is 77.2 cm³/mol. The monoisotopic (exact) mass is 345 g/mol. The first-order valence-corrected chi connectivity index (χ1v) is 8.37. The van der Waals surface area contributed by atoms with Gasteiger partial charge in [-0.05, 0) is 36.8 Å². The summed E-state index contributed by atoms with van der Waals surface area (Å²) in [4.78, 5) is 0.984. The van der Waals surface area contributed by atoms with Gasteiger partial charge in [0.15, 0.2) is 0 Å². The normalized spacial score (nSPS) is 11.7. The molecule has 0 aliphatic heterocycles. The molecule has 1 aromatic carbocycles. The lowest BCUT2D eigenvalue weighted by Gasteiger charge is -2.05. The first kappa shape index (κ1) is 13.7. The Morgan fingerprint density at radius 3 is 2.67 bits per heavy atom. The van der Waals surface area contributed by atoms with E-state index in [0.29, 0.717) is 10.8 Å². The topological polar surface area (TPSA) is 46.2 Å². The van der Waals surface area contributed by atoms with E-state index in [1.165, 1.54) is 11.3 Å². The summed E-state index contributed by atoms with van der Waals surface area (Å²) in [6.45, 7) is 2.18. The maximum atomic E-state index is 12.0. The van der Waals surface area contributed by atoms with Crippen LogP contribution in [0.1, 0.15) is 10.4 Å². The Morgan fingerprint density at radius 1 is 1.28 bits per heavy atom. The second-order valence-corrected chi connectivity index (χ2v) is 8.02. The lowest BCUT2D eigenvalue weighted by molar-refractivity contribution is 0.583. The van der Waals surface area contributed by atoms with Crippen molar-refractivity contribution in [3.63, 3.8) is 0 Å². The molecule has 1 heterocycles. The third kappa shape index (κ3) is 3.41. The molecule has 0 atom stereocenters. The molecule has 0 bridgehead atoms. The molecule has 0 fully saturated rings. The molecule has 0 saturated heterocycles. The number of benzene rings is 1. The van der Waals surface area contributed by atoms with Crippen molar-refractivity contribution < 1.29 is 8.42 Å². The van der Waals surface area contributed by atoms with Gasteiger partial charge in [-0.3, -0.25) is 0 Å². The van der Waals surface area contributed by atoms with E-state index in [0.717, 1.165) is 14.9 Å². The highest BCUT2D eigenvalue weighted by molar-refractivity contribution is 9.10. The number of halogens is 1. The van der Waals surface area contributed by atoms with Crippen LogP contribution in [0.15, 0.2) is 45.1 Å². The van der Waals surface area contributed by atoms with Crippen molar-refractivity contribution in [3.8, 4) is 0 Å². The molecule has 0 aliphatic rings. The van der Waals surface area contributed by atoms with Crippen LogP contribution < -0.4 is 4.72 Å². The number of rotatable bonds is 4. The highest BCUT2D eigenvalue weighted by Crippen LogP contribution is 2.20. The van der Waals surface area contributed by atoms with E-state index in [1.54, 1.807) is 12.1 Å². The molecule has 2 rings (SSSR count). The summed E-state index contributed by atoms with van der Waals surface area (Å²) in [5.74, 6) is 0. The Labute approximate surface area is 119 Å². The van der Waals surface area contributed by atoms with Crippen molar-refractivity contribution in [1.82, 2.24) is 4.72 Å². The van der Waals surface area contributed by atoms with Crippen molar-refractivity contribution in [2.24, 2.45) is 0 Å². The fourth-order valence-corrected chi connectivity index (χ4v) is 4.25. The van der Waals surface area contributed by atoms with Crippen LogP contribution in [0.2, 0.25) is 0 Å². The van der Waals surface area contributed by atoms with Crippen LogP contribution >= 0.6 is 27.3 Å². The fourth-order valence-electron chi connectivity index (χ4n) is 1.45. The molecule has 2 aromatic rings. The SMILES string of the molecule is Cc1ccc(S(=O)(=O)NCc2cccc(Br)c2)s1. The van der Waals surface area contributed by atoms with Gasteiger partial charge >= 0.3 is 0 Å². The van der Waals surface area contributed by atoms with E-state index in [4.69, 9.17) is 0 Å². The zero-order valence-corrected chi connectivity index (χ0v) is 12.9. The Balaban J connectivity index is 2.10. The maximum absolute atomic E-state index is 12.0. The van der Waals surface area contributed by atoms with Crippen LogP contribution in [-0.2, 0) is 16.6 Å². The molecule has 0 aliphatic carbocycles. The minimum atomic E-state index is -3.40. The van der Waals surface area contributed by atoms with Gasteiger partial charge in [-0.2, -0.15) is 0 Å². The van der Waals surface area contributed by atoms with Gasteiger partial charge in [0, 0.05) is 15.9 Å². The highest BCUT2D eigenvalue weighted by atomic mass is 79.9. The summed E-state index contributed by atoms with van der Waals surface area (Å²) in [5.41, 5.74) is 0.918. The molecule has 0 unspecified atom stereocenters. The summed E-state index contributed by atoms with van der Waals surface area (Å²) in [7, 11) is -3.40. The standard InChI is InChI=1S/C12H12BrNO2S2/c1-9-5-6-12(17-9)18(15,16)14-8-10-3-2-4-11(13)7-10/h2-7,14H,8H2,1H3. The summed E-state index contributed by atoms with van der Waals surface area (Å²) < 4.78 is 27.9. The van der Waals surface area contributed by atoms with Gasteiger partial charge in [-0.15, -0.1) is 11.3 Å². The van der Waals surface area contributed by atoms with Gasteiger partial charge in [0.05, 0.1) is 0 Å². The molecular weight excluding hydrogens is 334 g/mol. The molecule has 96 valence electrons. The number of sulfonamides is 1. The van der Waals surface area contributed by atoms with E-state index < -0.39 is 10.0 Å². The fraction of sp³-hybridized carbons (Fsp3) is 0.167. The Bertz CT molecular complexity index is 650. The molecule has 18 heavy (non-hydrogen) atoms. The molecule has 1 N–H and O–H groups in total. The molecule has 0 spiro atoms. The van der Waals surface area contributed by atoms with Gasteiger partial charge in [0.2, 0.25) is 10.0 Å². The molecule has 0 radical (unpaired) electrons. The smallest absolute Gasteiger partial charge is 0.206 e. The van der Waals surface area contributed by atoms with Crippen molar-refractivity contribution in [3.05, 3.63) is 51.3 Å². The number of thiophene rings is 1. The largest absolute Gasteiger partial charge is 0.250 e. The summed E-state index contributed by atoms with van der Waals surface area (Å²) >= 11 is 4.63. The zero-order valence-electron chi connectivity index (χ0n) is 9.68. The first-order valence-electron chi connectivity index (χ1n) is 5.28. The molecule has 6 heteroatoms. The van der Waals surface area contributed by atoms with E-state index in [9.17, 15) is 8.42 Å². The zero-order chi connectivity index (χ0) is 13.2. The van der Waals surface area contributed by atoms with Gasteiger partial charge in [0.1, 0.15) is 4.21 Å². The first-order chi connectivity index (χ1) is 8.47. The van der Waals surface area contributed by atoms with E-state index >= 15 is 0 Å². The van der Waals surface area contributed by atoms with E-state index in [-0.39, 0.29) is 0 Å². The third-order valence-corrected chi connectivity index (χ3v) is 5.72. The predicted octanol–water partition coefficient (Wildman–Crippen LogP) is 3.30. The minimum absolute atomic E-state index is 0.290. The van der Waals surface area contributed by atoms with Crippen molar-refractivity contribution in [2.75, 3.05) is 0 Å². The van der Waals surface area contributed by atoms with Gasteiger partial charge in [-0.1, -0.05) is 28.1 Å². The quantitative estimate of drug-likeness (QED) is 0.923. The second-order valence-electron chi connectivity index (χ2n) is 3.82. The Hall–Kier alpha value is -0.690.